The zero-order valence-corrected chi connectivity index (χ0v) is 28.8. The van der Waals surface area contributed by atoms with Crippen LogP contribution in [0.3, 0.4) is 0 Å². The second kappa shape index (κ2) is 19.7. The van der Waals surface area contributed by atoms with Crippen LogP contribution in [0.4, 0.5) is 0 Å². The summed E-state index contributed by atoms with van der Waals surface area (Å²) < 4.78 is 17.1. The van der Waals surface area contributed by atoms with Crippen molar-refractivity contribution in [1.82, 2.24) is 4.98 Å². The Labute approximate surface area is 264 Å². The van der Waals surface area contributed by atoms with Crippen molar-refractivity contribution in [3.8, 4) is 0 Å². The molecule has 10 heteroatoms. The van der Waals surface area contributed by atoms with Gasteiger partial charge in [0.2, 0.25) is 5.89 Å². The number of esters is 1. The smallest absolute Gasteiger partial charge is 0.309 e. The van der Waals surface area contributed by atoms with Gasteiger partial charge in [0.15, 0.2) is 6.54 Å². The average molecular weight is 623 g/mol. The molecule has 1 aromatic heterocycles. The predicted molar refractivity (Wildman–Crippen MR) is 174 cm³/mol. The third-order valence-corrected chi connectivity index (χ3v) is 7.32. The Hall–Kier alpha value is -2.66. The zero-order chi connectivity index (χ0) is 34.3. The molecule has 1 saturated heterocycles. The number of carbonyl (C=O) groups excluding carboxylic acids is 1. The fraction of sp³-hybridized carbons (Fsp3) is 0.706. The number of ether oxygens (including phenoxy) is 2. The maximum atomic E-state index is 13.0. The Morgan fingerprint density at radius 3 is 2.34 bits per heavy atom. The highest BCUT2D eigenvalue weighted by molar-refractivity contribution is 5.71. The molecule has 0 spiro atoms. The van der Waals surface area contributed by atoms with Gasteiger partial charge in [0.05, 0.1) is 24.2 Å². The number of allylic oxidation sites excluding steroid dienone is 1. The van der Waals surface area contributed by atoms with E-state index in [2.05, 4.69) is 63.5 Å². The topological polar surface area (TPSA) is 155 Å². The fourth-order valence-electron chi connectivity index (χ4n) is 4.29. The number of carbonyl (C=O) groups is 1. The first-order chi connectivity index (χ1) is 20.5. The van der Waals surface area contributed by atoms with E-state index in [1.165, 1.54) is 6.26 Å². The highest BCUT2D eigenvalue weighted by Crippen LogP contribution is 2.44. The van der Waals surface area contributed by atoms with Crippen LogP contribution < -0.4 is 0 Å². The van der Waals surface area contributed by atoms with Crippen LogP contribution in [0.2, 0.25) is 0 Å². The lowest BCUT2D eigenvalue weighted by molar-refractivity contribution is -0.151. The molecular formula is C34H58N2O8. The minimum absolute atomic E-state index is 0.0926. The van der Waals surface area contributed by atoms with Gasteiger partial charge in [-0.3, -0.25) is 4.79 Å². The third-order valence-electron chi connectivity index (χ3n) is 7.32. The molecule has 0 radical (unpaired) electrons. The first kappa shape index (κ1) is 41.3. The molecule has 0 aliphatic carbocycles. The lowest BCUT2D eigenvalue weighted by atomic mass is 9.74. The van der Waals surface area contributed by atoms with E-state index in [1.54, 1.807) is 19.9 Å². The van der Waals surface area contributed by atoms with Crippen molar-refractivity contribution in [3.05, 3.63) is 52.6 Å². The molecular weight excluding hydrogens is 564 g/mol. The molecule has 1 aromatic rings. The van der Waals surface area contributed by atoms with E-state index in [1.807, 2.05) is 20.8 Å². The van der Waals surface area contributed by atoms with Crippen LogP contribution >= 0.6 is 0 Å². The highest BCUT2D eigenvalue weighted by atomic mass is 16.6. The molecule has 0 amide bonds. The number of epoxide rings is 1. The van der Waals surface area contributed by atoms with Crippen molar-refractivity contribution in [2.75, 3.05) is 13.7 Å². The van der Waals surface area contributed by atoms with Gasteiger partial charge in [0.25, 0.3) is 0 Å². The molecule has 0 bridgehead atoms. The molecule has 1 fully saturated rings. The maximum Gasteiger partial charge on any atom is 0.309 e. The van der Waals surface area contributed by atoms with E-state index < -0.39 is 23.6 Å². The largest absolute Gasteiger partial charge is 0.458 e. The Morgan fingerprint density at radius 1 is 1.23 bits per heavy atom. The molecule has 0 aromatic carbocycles. The number of nitrogens with zero attached hydrogens (tertiary/aromatic N) is 2. The Balaban J connectivity index is 0.00000284. The lowest BCUT2D eigenvalue weighted by Crippen LogP contribution is -2.36. The summed E-state index contributed by atoms with van der Waals surface area (Å²) in [7, 11) is 1.00. The van der Waals surface area contributed by atoms with Gasteiger partial charge in [-0.25, -0.2) is 4.98 Å². The van der Waals surface area contributed by atoms with Gasteiger partial charge in [-0.05, 0) is 43.8 Å². The summed E-state index contributed by atoms with van der Waals surface area (Å²) in [5, 5.41) is 30.1. The van der Waals surface area contributed by atoms with Gasteiger partial charge in [-0.15, -0.1) is 0 Å². The quantitative estimate of drug-likeness (QED) is 0.0796. The summed E-state index contributed by atoms with van der Waals surface area (Å²) in [6.45, 7) is 23.8. The molecule has 2 rings (SSSR count). The minimum Gasteiger partial charge on any atom is -0.458 e. The van der Waals surface area contributed by atoms with Crippen molar-refractivity contribution >= 4 is 12.0 Å². The van der Waals surface area contributed by atoms with Crippen LogP contribution in [0, 0.1) is 28.1 Å². The van der Waals surface area contributed by atoms with Crippen LogP contribution in [0.5, 0.6) is 0 Å². The molecule has 5 atom stereocenters. The molecule has 1 aliphatic rings. The molecule has 0 saturated carbocycles. The van der Waals surface area contributed by atoms with Gasteiger partial charge < -0.3 is 29.2 Å². The van der Waals surface area contributed by atoms with E-state index in [-0.39, 0.29) is 43.1 Å². The van der Waals surface area contributed by atoms with Gasteiger partial charge in [0, 0.05) is 31.5 Å². The summed E-state index contributed by atoms with van der Waals surface area (Å²) in [5.41, 5.74) is 0.729. The first-order valence-corrected chi connectivity index (χ1v) is 15.3. The molecule has 44 heavy (non-hydrogen) atoms. The van der Waals surface area contributed by atoms with Crippen LogP contribution in [-0.2, 0) is 20.8 Å². The third kappa shape index (κ3) is 14.4. The fourth-order valence-corrected chi connectivity index (χ4v) is 4.29. The van der Waals surface area contributed by atoms with E-state index in [9.17, 15) is 19.9 Å². The van der Waals surface area contributed by atoms with Crippen LogP contribution in [0.15, 0.2) is 45.7 Å². The van der Waals surface area contributed by atoms with Crippen molar-refractivity contribution in [1.29, 1.82) is 0 Å². The van der Waals surface area contributed by atoms with E-state index >= 15 is 0 Å². The number of hydrogen-bond acceptors (Lipinski definition) is 10. The van der Waals surface area contributed by atoms with Gasteiger partial charge in [0.1, 0.15) is 18.1 Å². The summed E-state index contributed by atoms with van der Waals surface area (Å²) in [6, 6.07) is 0. The minimum atomic E-state index is -1.04. The van der Waals surface area contributed by atoms with E-state index in [0.717, 1.165) is 25.0 Å². The predicted octanol–water partition coefficient (Wildman–Crippen LogP) is 6.64. The summed E-state index contributed by atoms with van der Waals surface area (Å²) >= 11 is 0. The van der Waals surface area contributed by atoms with Crippen LogP contribution in [0.25, 0.3) is 6.08 Å². The molecule has 1 aliphatic heterocycles. The molecule has 4 unspecified atom stereocenters. The summed E-state index contributed by atoms with van der Waals surface area (Å²) in [4.78, 5) is 27.7. The first-order valence-electron chi connectivity index (χ1n) is 15.3. The SMILES string of the molecule is C=C(C(C)CO)C(C)(C)[C@@H](O)CC(=O)OC(CC1OC1(C)C/C=C/C(C)C)/C(C)=C/c1coc(CN=O)n1.CC(C)C.CO. The maximum absolute atomic E-state index is 13.0. The monoisotopic (exact) mass is 622 g/mol. The Morgan fingerprint density at radius 2 is 1.82 bits per heavy atom. The second-order valence-electron chi connectivity index (χ2n) is 13.1. The van der Waals surface area contributed by atoms with Gasteiger partial charge in [-0.1, -0.05) is 84.9 Å². The normalized spacial score (nSPS) is 20.3. The molecule has 252 valence electrons. The summed E-state index contributed by atoms with van der Waals surface area (Å²) in [5.74, 6) is 0.708. The van der Waals surface area contributed by atoms with Gasteiger partial charge >= 0.3 is 5.97 Å². The van der Waals surface area contributed by atoms with Crippen LogP contribution in [0.1, 0.15) is 100 Å². The number of rotatable bonds is 16. The van der Waals surface area contributed by atoms with Crippen LogP contribution in [-0.4, -0.2) is 63.9 Å². The number of aliphatic hydroxyl groups excluding tert-OH is 3. The van der Waals surface area contributed by atoms with Crippen molar-refractivity contribution in [3.63, 3.8) is 0 Å². The molecule has 2 heterocycles. The zero-order valence-electron chi connectivity index (χ0n) is 28.8. The van der Waals surface area contributed by atoms with Crippen molar-refractivity contribution < 1.29 is 34.0 Å². The lowest BCUT2D eigenvalue weighted by Gasteiger charge is -2.35. The number of aliphatic hydroxyl groups is 3. The molecule has 3 N–H and O–H groups in total. The van der Waals surface area contributed by atoms with Crippen molar-refractivity contribution in [2.24, 2.45) is 28.3 Å². The average Bonchev–Trinajstić information content (AvgIpc) is 3.35. The molecule has 10 nitrogen and oxygen atoms in total. The second-order valence-corrected chi connectivity index (χ2v) is 13.1. The summed E-state index contributed by atoms with van der Waals surface area (Å²) in [6.07, 6.45) is 6.59. The van der Waals surface area contributed by atoms with Gasteiger partial charge in [-0.2, -0.15) is 4.91 Å². The Bertz CT molecular complexity index is 1070. The Kier molecular flexibility index (Phi) is 18.5. The number of hydrogen-bond donors (Lipinski definition) is 3. The van der Waals surface area contributed by atoms with Crippen molar-refractivity contribution in [2.45, 2.75) is 119 Å². The number of oxazole rings is 1. The van der Waals surface area contributed by atoms with E-state index in [0.29, 0.717) is 23.6 Å². The number of aromatic nitrogens is 1. The van der Waals surface area contributed by atoms with E-state index in [4.69, 9.17) is 19.0 Å². The number of nitroso groups, excluding NO2 is 1. The highest BCUT2D eigenvalue weighted by Gasteiger charge is 2.52. The standard InChI is InChI=1S/C29H44N2O7.C4H10.CH4O/c1-18(2)10-9-11-29(8)25(38-29)13-23(19(3)12-22-17-36-26(31-22)15-30-35)37-27(34)14-24(33)28(6,7)21(5)20(4)16-32;1-4(2)3;1-2/h9-10,12,17-18,20,23-25,32-33H,5,11,13-16H2,1-4,6-8H3;4H,1-3H3;2H,1H3/b10-9+,19-12+;;/t20?,23?,24-,25?,29?;;/m0../s1.